The van der Waals surface area contributed by atoms with Crippen LogP contribution in [0.15, 0.2) is 30.3 Å². The summed E-state index contributed by atoms with van der Waals surface area (Å²) < 4.78 is 0. The van der Waals surface area contributed by atoms with Gasteiger partial charge in [-0.3, -0.25) is 4.90 Å². The van der Waals surface area contributed by atoms with Crippen LogP contribution in [-0.4, -0.2) is 23.5 Å². The Morgan fingerprint density at radius 3 is 2.63 bits per heavy atom. The molecular weight excluding hydrogens is 232 g/mol. The fraction of sp³-hybridized carbons (Fsp3) is 0.647. The fourth-order valence-electron chi connectivity index (χ4n) is 2.94. The molecule has 1 aromatic carbocycles. The summed E-state index contributed by atoms with van der Waals surface area (Å²) in [6.07, 6.45) is 5.15. The van der Waals surface area contributed by atoms with Crippen LogP contribution in [-0.2, 0) is 6.54 Å². The number of likely N-dealkylation sites (tertiary alicyclic amines) is 1. The molecule has 2 nitrogen and oxygen atoms in total. The molecule has 0 saturated carbocycles. The van der Waals surface area contributed by atoms with Crippen LogP contribution in [0.4, 0.5) is 0 Å². The Morgan fingerprint density at radius 1 is 1.21 bits per heavy atom. The standard InChI is InChI=1S/C17H28N2/c1-14(2)17(18)12-16-10-6-7-11-19(16)13-15-8-4-3-5-9-15/h3-5,8-9,14,16-17H,6-7,10-13,18H2,1-2H3. The Hall–Kier alpha value is -0.860. The van der Waals surface area contributed by atoms with E-state index in [-0.39, 0.29) is 0 Å². The van der Waals surface area contributed by atoms with Gasteiger partial charge in [-0.1, -0.05) is 50.6 Å². The summed E-state index contributed by atoms with van der Waals surface area (Å²) in [4.78, 5) is 2.64. The number of benzene rings is 1. The van der Waals surface area contributed by atoms with E-state index in [9.17, 15) is 0 Å². The lowest BCUT2D eigenvalue weighted by molar-refractivity contribution is 0.121. The van der Waals surface area contributed by atoms with Gasteiger partial charge in [0, 0.05) is 18.6 Å². The first-order chi connectivity index (χ1) is 9.16. The number of nitrogens with two attached hydrogens (primary N) is 1. The van der Waals surface area contributed by atoms with Gasteiger partial charge in [-0.25, -0.2) is 0 Å². The summed E-state index contributed by atoms with van der Waals surface area (Å²) in [5.41, 5.74) is 7.70. The summed E-state index contributed by atoms with van der Waals surface area (Å²) in [6.45, 7) is 6.77. The second-order valence-electron chi connectivity index (χ2n) is 6.25. The van der Waals surface area contributed by atoms with Crippen LogP contribution < -0.4 is 5.73 Å². The molecule has 1 aliphatic heterocycles. The molecule has 1 aromatic rings. The van der Waals surface area contributed by atoms with Crippen molar-refractivity contribution < 1.29 is 0 Å². The number of rotatable bonds is 5. The summed E-state index contributed by atoms with van der Waals surface area (Å²) in [7, 11) is 0. The maximum atomic E-state index is 6.28. The zero-order valence-corrected chi connectivity index (χ0v) is 12.4. The molecule has 0 amide bonds. The third kappa shape index (κ3) is 4.32. The molecule has 0 aromatic heterocycles. The predicted molar refractivity (Wildman–Crippen MR) is 81.9 cm³/mol. The van der Waals surface area contributed by atoms with Crippen molar-refractivity contribution in [2.24, 2.45) is 11.7 Å². The molecule has 0 aliphatic carbocycles. The van der Waals surface area contributed by atoms with Crippen molar-refractivity contribution in [2.45, 2.75) is 58.2 Å². The molecule has 0 spiro atoms. The van der Waals surface area contributed by atoms with Gasteiger partial charge in [0.2, 0.25) is 0 Å². The molecule has 0 bridgehead atoms. The van der Waals surface area contributed by atoms with Gasteiger partial charge < -0.3 is 5.73 Å². The van der Waals surface area contributed by atoms with Gasteiger partial charge in [-0.05, 0) is 37.3 Å². The second-order valence-corrected chi connectivity index (χ2v) is 6.25. The van der Waals surface area contributed by atoms with Gasteiger partial charge in [-0.15, -0.1) is 0 Å². The van der Waals surface area contributed by atoms with E-state index in [1.54, 1.807) is 0 Å². The van der Waals surface area contributed by atoms with Gasteiger partial charge in [0.15, 0.2) is 0 Å². The second kappa shape index (κ2) is 7.06. The number of hydrogen-bond acceptors (Lipinski definition) is 2. The largest absolute Gasteiger partial charge is 0.327 e. The summed E-state index contributed by atoms with van der Waals surface area (Å²) in [5, 5.41) is 0. The van der Waals surface area contributed by atoms with Gasteiger partial charge >= 0.3 is 0 Å². The third-order valence-electron chi connectivity index (χ3n) is 4.38. The monoisotopic (exact) mass is 260 g/mol. The third-order valence-corrected chi connectivity index (χ3v) is 4.38. The minimum atomic E-state index is 0.335. The first kappa shape index (κ1) is 14.5. The molecule has 19 heavy (non-hydrogen) atoms. The Kier molecular flexibility index (Phi) is 5.41. The van der Waals surface area contributed by atoms with E-state index in [2.05, 4.69) is 49.1 Å². The van der Waals surface area contributed by atoms with Crippen LogP contribution in [0.5, 0.6) is 0 Å². The quantitative estimate of drug-likeness (QED) is 0.879. The molecule has 1 heterocycles. The highest BCUT2D eigenvalue weighted by molar-refractivity contribution is 5.14. The Balaban J connectivity index is 1.96. The van der Waals surface area contributed by atoms with Gasteiger partial charge in [-0.2, -0.15) is 0 Å². The molecule has 106 valence electrons. The van der Waals surface area contributed by atoms with Crippen LogP contribution in [0.3, 0.4) is 0 Å². The van der Waals surface area contributed by atoms with Gasteiger partial charge in [0.1, 0.15) is 0 Å². The van der Waals surface area contributed by atoms with Crippen LogP contribution in [0.2, 0.25) is 0 Å². The lowest BCUT2D eigenvalue weighted by Crippen LogP contribution is -2.43. The van der Waals surface area contributed by atoms with Crippen molar-refractivity contribution in [1.29, 1.82) is 0 Å². The maximum absolute atomic E-state index is 6.28. The molecule has 1 saturated heterocycles. The first-order valence-electron chi connectivity index (χ1n) is 7.70. The summed E-state index contributed by atoms with van der Waals surface area (Å²) in [5.74, 6) is 0.584. The van der Waals surface area contributed by atoms with Crippen molar-refractivity contribution in [3.8, 4) is 0 Å². The van der Waals surface area contributed by atoms with Gasteiger partial charge in [0.05, 0.1) is 0 Å². The van der Waals surface area contributed by atoms with E-state index in [0.29, 0.717) is 18.0 Å². The lowest BCUT2D eigenvalue weighted by atomic mass is 9.91. The highest BCUT2D eigenvalue weighted by atomic mass is 15.2. The smallest absolute Gasteiger partial charge is 0.0236 e. The highest BCUT2D eigenvalue weighted by Gasteiger charge is 2.25. The van der Waals surface area contributed by atoms with E-state index in [1.165, 1.54) is 31.4 Å². The molecule has 2 heteroatoms. The van der Waals surface area contributed by atoms with Crippen LogP contribution in [0.25, 0.3) is 0 Å². The minimum absolute atomic E-state index is 0.335. The first-order valence-corrected chi connectivity index (χ1v) is 7.70. The van der Waals surface area contributed by atoms with Crippen molar-refractivity contribution in [3.05, 3.63) is 35.9 Å². The molecule has 1 fully saturated rings. The summed E-state index contributed by atoms with van der Waals surface area (Å²) in [6, 6.07) is 11.8. The van der Waals surface area contributed by atoms with Crippen molar-refractivity contribution in [3.63, 3.8) is 0 Å². The maximum Gasteiger partial charge on any atom is 0.0236 e. The van der Waals surface area contributed by atoms with Crippen LogP contribution in [0, 0.1) is 5.92 Å². The number of piperidine rings is 1. The van der Waals surface area contributed by atoms with Crippen molar-refractivity contribution >= 4 is 0 Å². The molecule has 2 rings (SSSR count). The molecule has 1 aliphatic rings. The Morgan fingerprint density at radius 2 is 1.95 bits per heavy atom. The van der Waals surface area contributed by atoms with E-state index in [0.717, 1.165) is 13.0 Å². The van der Waals surface area contributed by atoms with Crippen molar-refractivity contribution in [1.82, 2.24) is 4.90 Å². The molecule has 2 unspecified atom stereocenters. The Labute approximate surface area is 118 Å². The lowest BCUT2D eigenvalue weighted by Gasteiger charge is -2.37. The topological polar surface area (TPSA) is 29.3 Å². The normalized spacial score (nSPS) is 22.6. The zero-order valence-electron chi connectivity index (χ0n) is 12.4. The average molecular weight is 260 g/mol. The van der Waals surface area contributed by atoms with E-state index >= 15 is 0 Å². The van der Waals surface area contributed by atoms with E-state index < -0.39 is 0 Å². The zero-order chi connectivity index (χ0) is 13.7. The van der Waals surface area contributed by atoms with E-state index in [4.69, 9.17) is 5.73 Å². The molecule has 2 atom stereocenters. The van der Waals surface area contributed by atoms with E-state index in [1.807, 2.05) is 0 Å². The minimum Gasteiger partial charge on any atom is -0.327 e. The number of nitrogens with zero attached hydrogens (tertiary/aromatic N) is 1. The molecule has 0 radical (unpaired) electrons. The highest BCUT2D eigenvalue weighted by Crippen LogP contribution is 2.24. The van der Waals surface area contributed by atoms with Gasteiger partial charge in [0.25, 0.3) is 0 Å². The molecule has 2 N–H and O–H groups in total. The average Bonchev–Trinajstić information content (AvgIpc) is 2.42. The summed E-state index contributed by atoms with van der Waals surface area (Å²) >= 11 is 0. The molecular formula is C17H28N2. The Bertz CT molecular complexity index is 361. The van der Waals surface area contributed by atoms with Crippen molar-refractivity contribution in [2.75, 3.05) is 6.54 Å². The van der Waals surface area contributed by atoms with Crippen LogP contribution >= 0.6 is 0 Å². The number of hydrogen-bond donors (Lipinski definition) is 1. The SMILES string of the molecule is CC(C)C(N)CC1CCCCN1Cc1ccccc1. The fourth-order valence-corrected chi connectivity index (χ4v) is 2.94. The predicted octanol–water partition coefficient (Wildman–Crippen LogP) is 3.41. The van der Waals surface area contributed by atoms with Crippen LogP contribution in [0.1, 0.15) is 45.1 Å².